The van der Waals surface area contributed by atoms with Gasteiger partial charge in [0.05, 0.1) is 4.92 Å². The Balaban J connectivity index is 2.12. The van der Waals surface area contributed by atoms with Crippen LogP contribution in [0.1, 0.15) is 11.3 Å². The largest absolute Gasteiger partial charge is 0.366 e. The van der Waals surface area contributed by atoms with E-state index in [-0.39, 0.29) is 11.4 Å². The molecule has 0 bridgehead atoms. The number of benzene rings is 1. The molecular formula is C13H9BrN4O2. The second kappa shape index (κ2) is 6.12. The number of nitrogens with zero attached hydrogens (tertiary/aromatic N) is 3. The van der Waals surface area contributed by atoms with Crippen molar-refractivity contribution in [1.82, 2.24) is 4.98 Å². The van der Waals surface area contributed by atoms with Gasteiger partial charge in [0, 0.05) is 17.1 Å². The zero-order valence-electron chi connectivity index (χ0n) is 10.2. The molecule has 1 aromatic carbocycles. The van der Waals surface area contributed by atoms with Crippen LogP contribution in [0.25, 0.3) is 0 Å². The minimum absolute atomic E-state index is 0.198. The fourth-order valence-corrected chi connectivity index (χ4v) is 1.84. The molecule has 0 atom stereocenters. The molecule has 1 heterocycles. The Kier molecular flexibility index (Phi) is 4.27. The van der Waals surface area contributed by atoms with E-state index in [1.165, 1.54) is 12.1 Å². The van der Waals surface area contributed by atoms with Crippen LogP contribution in [0, 0.1) is 21.4 Å². The maximum absolute atomic E-state index is 10.7. The lowest BCUT2D eigenvalue weighted by atomic mass is 10.2. The third-order valence-corrected chi connectivity index (χ3v) is 3.09. The first-order valence-electron chi connectivity index (χ1n) is 5.64. The molecule has 0 unspecified atom stereocenters. The van der Waals surface area contributed by atoms with E-state index >= 15 is 0 Å². The summed E-state index contributed by atoms with van der Waals surface area (Å²) in [5, 5.41) is 22.6. The van der Waals surface area contributed by atoms with Gasteiger partial charge in [-0.25, -0.2) is 4.98 Å². The standard InChI is InChI=1S/C13H9BrN4O2/c14-10-3-1-9(2-4-10)8-16-13-6-5-12(18(19)20)11(7-15)17-13/h1-6H,8H2,(H,16,17). The first-order chi connectivity index (χ1) is 9.60. The number of nitro groups is 1. The molecule has 0 aliphatic carbocycles. The summed E-state index contributed by atoms with van der Waals surface area (Å²) in [4.78, 5) is 14.0. The lowest BCUT2D eigenvalue weighted by Crippen LogP contribution is -2.03. The van der Waals surface area contributed by atoms with Gasteiger partial charge < -0.3 is 5.32 Å². The van der Waals surface area contributed by atoms with Crippen molar-refractivity contribution in [1.29, 1.82) is 5.26 Å². The van der Waals surface area contributed by atoms with E-state index in [2.05, 4.69) is 26.2 Å². The highest BCUT2D eigenvalue weighted by Crippen LogP contribution is 2.18. The van der Waals surface area contributed by atoms with Gasteiger partial charge in [0.25, 0.3) is 0 Å². The summed E-state index contributed by atoms with van der Waals surface area (Å²) >= 11 is 3.35. The maximum atomic E-state index is 10.7. The van der Waals surface area contributed by atoms with Crippen molar-refractivity contribution in [2.45, 2.75) is 6.54 Å². The second-order valence-corrected chi connectivity index (χ2v) is 4.83. The van der Waals surface area contributed by atoms with E-state index in [1.54, 1.807) is 6.07 Å². The van der Waals surface area contributed by atoms with E-state index in [4.69, 9.17) is 5.26 Å². The Morgan fingerprint density at radius 3 is 2.60 bits per heavy atom. The van der Waals surface area contributed by atoms with Gasteiger partial charge in [-0.2, -0.15) is 5.26 Å². The molecule has 2 rings (SSSR count). The van der Waals surface area contributed by atoms with E-state index < -0.39 is 4.92 Å². The summed E-state index contributed by atoms with van der Waals surface area (Å²) in [5.74, 6) is 0.426. The molecule has 0 fully saturated rings. The summed E-state index contributed by atoms with van der Waals surface area (Å²) in [6.45, 7) is 0.517. The minimum atomic E-state index is -0.621. The maximum Gasteiger partial charge on any atom is 0.305 e. The van der Waals surface area contributed by atoms with Crippen LogP contribution >= 0.6 is 15.9 Å². The zero-order valence-corrected chi connectivity index (χ0v) is 11.8. The number of halogens is 1. The van der Waals surface area contributed by atoms with Gasteiger partial charge in [0.1, 0.15) is 11.9 Å². The van der Waals surface area contributed by atoms with Crippen molar-refractivity contribution in [3.8, 4) is 6.07 Å². The fourth-order valence-electron chi connectivity index (χ4n) is 1.57. The van der Waals surface area contributed by atoms with Gasteiger partial charge in [-0.3, -0.25) is 10.1 Å². The van der Waals surface area contributed by atoms with Crippen LogP contribution in [0.15, 0.2) is 40.9 Å². The van der Waals surface area contributed by atoms with Crippen LogP contribution in [0.2, 0.25) is 0 Å². The van der Waals surface area contributed by atoms with Crippen LogP contribution < -0.4 is 5.32 Å². The lowest BCUT2D eigenvalue weighted by Gasteiger charge is -2.06. The number of anilines is 1. The number of aromatic nitrogens is 1. The summed E-state index contributed by atoms with van der Waals surface area (Å²) in [5.41, 5.74) is 0.546. The van der Waals surface area contributed by atoms with E-state index in [9.17, 15) is 10.1 Å². The number of hydrogen-bond acceptors (Lipinski definition) is 5. The van der Waals surface area contributed by atoms with Crippen molar-refractivity contribution in [3.63, 3.8) is 0 Å². The average Bonchev–Trinajstić information content (AvgIpc) is 2.46. The van der Waals surface area contributed by atoms with Crippen molar-refractivity contribution in [2.24, 2.45) is 0 Å². The van der Waals surface area contributed by atoms with Gasteiger partial charge in [-0.15, -0.1) is 0 Å². The third-order valence-electron chi connectivity index (χ3n) is 2.56. The average molecular weight is 333 g/mol. The van der Waals surface area contributed by atoms with Crippen LogP contribution in [-0.4, -0.2) is 9.91 Å². The highest BCUT2D eigenvalue weighted by molar-refractivity contribution is 9.10. The molecule has 0 aliphatic heterocycles. The summed E-state index contributed by atoms with van der Waals surface area (Å²) in [6.07, 6.45) is 0. The first kappa shape index (κ1) is 14.0. The van der Waals surface area contributed by atoms with Gasteiger partial charge >= 0.3 is 5.69 Å². The third kappa shape index (κ3) is 3.30. The highest BCUT2D eigenvalue weighted by atomic mass is 79.9. The molecule has 7 heteroatoms. The van der Waals surface area contributed by atoms with E-state index in [0.29, 0.717) is 12.4 Å². The number of pyridine rings is 1. The molecule has 20 heavy (non-hydrogen) atoms. The van der Waals surface area contributed by atoms with Gasteiger partial charge in [-0.05, 0) is 23.8 Å². The molecule has 0 saturated carbocycles. The number of nitriles is 1. The molecule has 1 N–H and O–H groups in total. The van der Waals surface area contributed by atoms with E-state index in [0.717, 1.165) is 10.0 Å². The number of nitrogens with one attached hydrogen (secondary N) is 1. The number of rotatable bonds is 4. The Morgan fingerprint density at radius 1 is 1.30 bits per heavy atom. The van der Waals surface area contributed by atoms with Crippen molar-refractivity contribution < 1.29 is 4.92 Å². The normalized spacial score (nSPS) is 9.80. The van der Waals surface area contributed by atoms with Crippen LogP contribution in [0.5, 0.6) is 0 Å². The van der Waals surface area contributed by atoms with Crippen LogP contribution in [0.4, 0.5) is 11.5 Å². The summed E-state index contributed by atoms with van der Waals surface area (Å²) in [6, 6.07) is 12.2. The topological polar surface area (TPSA) is 91.8 Å². The van der Waals surface area contributed by atoms with Crippen molar-refractivity contribution in [2.75, 3.05) is 5.32 Å². The number of hydrogen-bond donors (Lipinski definition) is 1. The summed E-state index contributed by atoms with van der Waals surface area (Å²) in [7, 11) is 0. The second-order valence-electron chi connectivity index (χ2n) is 3.91. The molecule has 0 amide bonds. The van der Waals surface area contributed by atoms with E-state index in [1.807, 2.05) is 24.3 Å². The smallest absolute Gasteiger partial charge is 0.305 e. The molecule has 6 nitrogen and oxygen atoms in total. The molecule has 0 saturated heterocycles. The Labute approximate surface area is 123 Å². The summed E-state index contributed by atoms with van der Waals surface area (Å²) < 4.78 is 0.987. The monoisotopic (exact) mass is 332 g/mol. The molecule has 0 radical (unpaired) electrons. The zero-order chi connectivity index (χ0) is 14.5. The molecule has 2 aromatic rings. The van der Waals surface area contributed by atoms with Crippen LogP contribution in [0.3, 0.4) is 0 Å². The fraction of sp³-hybridized carbons (Fsp3) is 0.0769. The minimum Gasteiger partial charge on any atom is -0.366 e. The van der Waals surface area contributed by atoms with Crippen molar-refractivity contribution in [3.05, 3.63) is 62.2 Å². The van der Waals surface area contributed by atoms with Gasteiger partial charge in [0.15, 0.2) is 0 Å². The quantitative estimate of drug-likeness (QED) is 0.685. The predicted octanol–water partition coefficient (Wildman–Crippen LogP) is 3.24. The molecule has 0 aliphatic rings. The Bertz CT molecular complexity index is 680. The molecular weight excluding hydrogens is 324 g/mol. The lowest BCUT2D eigenvalue weighted by molar-refractivity contribution is -0.385. The molecule has 1 aromatic heterocycles. The van der Waals surface area contributed by atoms with Crippen molar-refractivity contribution >= 4 is 27.4 Å². The van der Waals surface area contributed by atoms with Gasteiger partial charge in [-0.1, -0.05) is 28.1 Å². The Hall–Kier alpha value is -2.46. The van der Waals surface area contributed by atoms with Crippen LogP contribution in [-0.2, 0) is 6.54 Å². The first-order valence-corrected chi connectivity index (χ1v) is 6.43. The SMILES string of the molecule is N#Cc1nc(NCc2ccc(Br)cc2)ccc1[N+](=O)[O-]. The van der Waals surface area contributed by atoms with Gasteiger partial charge in [0.2, 0.25) is 5.69 Å². The highest BCUT2D eigenvalue weighted by Gasteiger charge is 2.15. The predicted molar refractivity (Wildman–Crippen MR) is 77.1 cm³/mol. The molecule has 0 spiro atoms. The Morgan fingerprint density at radius 2 is 2.00 bits per heavy atom. The molecule has 100 valence electrons.